The average Bonchev–Trinajstić information content (AvgIpc) is 2.67. The van der Waals surface area contributed by atoms with Crippen LogP contribution in [0.5, 0.6) is 0 Å². The maximum Gasteiger partial charge on any atom is 0.270 e. The van der Waals surface area contributed by atoms with Gasteiger partial charge in [-0.05, 0) is 42.0 Å². The summed E-state index contributed by atoms with van der Waals surface area (Å²) in [6.07, 6.45) is 4.95. The van der Waals surface area contributed by atoms with Crippen molar-refractivity contribution in [1.29, 1.82) is 5.26 Å². The average molecular weight is 329 g/mol. The minimum Gasteiger partial charge on any atom is -0.355 e. The van der Waals surface area contributed by atoms with Crippen LogP contribution in [0.15, 0.2) is 67.1 Å². The molecular formula is C19H15N5O. The third kappa shape index (κ3) is 4.39. The van der Waals surface area contributed by atoms with Crippen LogP contribution in [0.1, 0.15) is 21.6 Å². The van der Waals surface area contributed by atoms with Gasteiger partial charge in [0.15, 0.2) is 0 Å². The Morgan fingerprint density at radius 3 is 2.76 bits per heavy atom. The first-order valence-corrected chi connectivity index (χ1v) is 7.65. The Balaban J connectivity index is 1.68. The van der Waals surface area contributed by atoms with E-state index in [1.165, 1.54) is 0 Å². The number of carbonyl (C=O) groups is 1. The number of rotatable bonds is 5. The quantitative estimate of drug-likeness (QED) is 0.751. The van der Waals surface area contributed by atoms with Crippen molar-refractivity contribution in [2.75, 3.05) is 5.32 Å². The Bertz CT molecular complexity index is 918. The molecule has 0 radical (unpaired) electrons. The van der Waals surface area contributed by atoms with Crippen LogP contribution >= 0.6 is 0 Å². The van der Waals surface area contributed by atoms with Crippen LogP contribution < -0.4 is 10.6 Å². The van der Waals surface area contributed by atoms with Crippen LogP contribution in [0.25, 0.3) is 0 Å². The van der Waals surface area contributed by atoms with Crippen molar-refractivity contribution in [3.05, 3.63) is 83.9 Å². The summed E-state index contributed by atoms with van der Waals surface area (Å²) in [6, 6.07) is 16.3. The lowest BCUT2D eigenvalue weighted by atomic mass is 10.2. The van der Waals surface area contributed by atoms with Crippen LogP contribution in [0.2, 0.25) is 0 Å². The van der Waals surface area contributed by atoms with E-state index in [9.17, 15) is 4.79 Å². The van der Waals surface area contributed by atoms with E-state index in [1.54, 1.807) is 48.9 Å². The third-order valence-electron chi connectivity index (χ3n) is 3.45. The number of amides is 1. The van der Waals surface area contributed by atoms with Gasteiger partial charge in [0.05, 0.1) is 11.6 Å². The fourth-order valence-electron chi connectivity index (χ4n) is 2.24. The van der Waals surface area contributed by atoms with E-state index in [0.717, 1.165) is 16.9 Å². The van der Waals surface area contributed by atoms with Gasteiger partial charge in [-0.1, -0.05) is 12.1 Å². The molecule has 0 aliphatic carbocycles. The van der Waals surface area contributed by atoms with Crippen molar-refractivity contribution >= 4 is 17.3 Å². The van der Waals surface area contributed by atoms with Crippen molar-refractivity contribution in [3.8, 4) is 6.07 Å². The monoisotopic (exact) mass is 329 g/mol. The Morgan fingerprint density at radius 2 is 1.96 bits per heavy atom. The zero-order valence-corrected chi connectivity index (χ0v) is 13.3. The number of pyridine rings is 2. The highest BCUT2D eigenvalue weighted by Crippen LogP contribution is 2.17. The number of nitrogens with one attached hydrogen (secondary N) is 2. The van der Waals surface area contributed by atoms with E-state index in [1.807, 2.05) is 18.2 Å². The molecule has 0 saturated carbocycles. The molecule has 0 unspecified atom stereocenters. The predicted molar refractivity (Wildman–Crippen MR) is 94.1 cm³/mol. The van der Waals surface area contributed by atoms with Crippen molar-refractivity contribution in [2.45, 2.75) is 6.54 Å². The van der Waals surface area contributed by atoms with Crippen molar-refractivity contribution < 1.29 is 4.79 Å². The highest BCUT2D eigenvalue weighted by atomic mass is 16.1. The number of benzene rings is 1. The van der Waals surface area contributed by atoms with Crippen molar-refractivity contribution in [3.63, 3.8) is 0 Å². The van der Waals surface area contributed by atoms with Crippen LogP contribution in [0.4, 0.5) is 11.4 Å². The maximum atomic E-state index is 12.3. The number of carbonyl (C=O) groups excluding carboxylic acids is 1. The number of aromatic nitrogens is 2. The molecule has 25 heavy (non-hydrogen) atoms. The topological polar surface area (TPSA) is 90.7 Å². The summed E-state index contributed by atoms with van der Waals surface area (Å²) in [5.74, 6) is -0.265. The molecule has 0 aliphatic heterocycles. The van der Waals surface area contributed by atoms with Gasteiger partial charge in [0.1, 0.15) is 5.69 Å². The molecule has 3 aromatic rings. The molecule has 0 atom stereocenters. The van der Waals surface area contributed by atoms with E-state index >= 15 is 0 Å². The molecule has 2 heterocycles. The summed E-state index contributed by atoms with van der Waals surface area (Å²) < 4.78 is 0. The summed E-state index contributed by atoms with van der Waals surface area (Å²) in [5, 5.41) is 14.9. The molecule has 2 aromatic heterocycles. The number of anilines is 2. The van der Waals surface area contributed by atoms with E-state index in [4.69, 9.17) is 5.26 Å². The molecule has 0 fully saturated rings. The molecule has 0 spiro atoms. The minimum absolute atomic E-state index is 0.265. The van der Waals surface area contributed by atoms with Gasteiger partial charge in [0, 0.05) is 36.5 Å². The molecule has 3 rings (SSSR count). The molecule has 1 aromatic carbocycles. The van der Waals surface area contributed by atoms with Gasteiger partial charge >= 0.3 is 0 Å². The van der Waals surface area contributed by atoms with Crippen molar-refractivity contribution in [2.24, 2.45) is 0 Å². The van der Waals surface area contributed by atoms with Gasteiger partial charge in [0.25, 0.3) is 5.91 Å². The van der Waals surface area contributed by atoms with Crippen LogP contribution in [-0.4, -0.2) is 15.9 Å². The highest BCUT2D eigenvalue weighted by molar-refractivity contribution is 5.93. The van der Waals surface area contributed by atoms with Crippen LogP contribution in [0.3, 0.4) is 0 Å². The standard InChI is InChI=1S/C19H15N5O/c20-11-14-3-1-5-16(9-14)24-17-6-8-22-18(10-17)19(25)23-13-15-4-2-7-21-12-15/h1-10,12H,13H2,(H,22,24)(H,23,25). The molecule has 122 valence electrons. The Hall–Kier alpha value is -3.72. The van der Waals surface area contributed by atoms with E-state index in [0.29, 0.717) is 17.8 Å². The zero-order chi connectivity index (χ0) is 17.5. The minimum atomic E-state index is -0.265. The largest absolute Gasteiger partial charge is 0.355 e. The molecule has 0 aliphatic rings. The number of hydrogen-bond acceptors (Lipinski definition) is 5. The normalized spacial score (nSPS) is 9.88. The molecule has 0 bridgehead atoms. The third-order valence-corrected chi connectivity index (χ3v) is 3.45. The maximum absolute atomic E-state index is 12.3. The summed E-state index contributed by atoms with van der Waals surface area (Å²) in [5.41, 5.74) is 3.28. The first kappa shape index (κ1) is 16.1. The van der Waals surface area contributed by atoms with E-state index < -0.39 is 0 Å². The fraction of sp³-hybridized carbons (Fsp3) is 0.0526. The smallest absolute Gasteiger partial charge is 0.270 e. The second kappa shape index (κ2) is 7.70. The summed E-state index contributed by atoms with van der Waals surface area (Å²) in [4.78, 5) is 20.4. The molecule has 6 heteroatoms. The Morgan fingerprint density at radius 1 is 1.08 bits per heavy atom. The summed E-state index contributed by atoms with van der Waals surface area (Å²) >= 11 is 0. The number of nitriles is 1. The van der Waals surface area contributed by atoms with Gasteiger partial charge in [-0.25, -0.2) is 0 Å². The Kier molecular flexibility index (Phi) is 4.98. The summed E-state index contributed by atoms with van der Waals surface area (Å²) in [7, 11) is 0. The zero-order valence-electron chi connectivity index (χ0n) is 13.3. The van der Waals surface area contributed by atoms with Crippen LogP contribution in [0, 0.1) is 11.3 Å². The highest BCUT2D eigenvalue weighted by Gasteiger charge is 2.08. The lowest BCUT2D eigenvalue weighted by molar-refractivity contribution is 0.0946. The van der Waals surface area contributed by atoms with Crippen molar-refractivity contribution in [1.82, 2.24) is 15.3 Å². The first-order chi connectivity index (χ1) is 12.2. The van der Waals surface area contributed by atoms with Gasteiger partial charge in [-0.3, -0.25) is 14.8 Å². The van der Waals surface area contributed by atoms with E-state index in [-0.39, 0.29) is 5.91 Å². The van der Waals surface area contributed by atoms with E-state index in [2.05, 4.69) is 26.7 Å². The molecular weight excluding hydrogens is 314 g/mol. The lowest BCUT2D eigenvalue weighted by Crippen LogP contribution is -2.23. The number of hydrogen-bond donors (Lipinski definition) is 2. The lowest BCUT2D eigenvalue weighted by Gasteiger charge is -2.09. The SMILES string of the molecule is N#Cc1cccc(Nc2ccnc(C(=O)NCc3cccnc3)c2)c1. The Labute approximate surface area is 145 Å². The van der Waals surface area contributed by atoms with Gasteiger partial charge in [-0.15, -0.1) is 0 Å². The molecule has 0 saturated heterocycles. The molecule has 2 N–H and O–H groups in total. The second-order valence-corrected chi connectivity index (χ2v) is 5.29. The second-order valence-electron chi connectivity index (χ2n) is 5.29. The molecule has 6 nitrogen and oxygen atoms in total. The van der Waals surface area contributed by atoms with Gasteiger partial charge in [0.2, 0.25) is 0 Å². The predicted octanol–water partition coefficient (Wildman–Crippen LogP) is 3.02. The summed E-state index contributed by atoms with van der Waals surface area (Å²) in [6.45, 7) is 0.385. The first-order valence-electron chi connectivity index (χ1n) is 7.65. The van der Waals surface area contributed by atoms with Crippen LogP contribution in [-0.2, 0) is 6.54 Å². The molecule has 1 amide bonds. The van der Waals surface area contributed by atoms with Gasteiger partial charge in [-0.2, -0.15) is 5.26 Å². The fourth-order valence-corrected chi connectivity index (χ4v) is 2.24. The number of nitrogens with zero attached hydrogens (tertiary/aromatic N) is 3. The van der Waals surface area contributed by atoms with Gasteiger partial charge < -0.3 is 10.6 Å².